The van der Waals surface area contributed by atoms with Crippen LogP contribution in [0.5, 0.6) is 0 Å². The lowest BCUT2D eigenvalue weighted by Crippen LogP contribution is -2.15. The summed E-state index contributed by atoms with van der Waals surface area (Å²) in [5.74, 6) is -1.11. The zero-order valence-corrected chi connectivity index (χ0v) is 7.34. The SMILES string of the molecule is O=CNC1CC1c1ccc(F)cc1F. The van der Waals surface area contributed by atoms with Gasteiger partial charge in [0.25, 0.3) is 0 Å². The van der Waals surface area contributed by atoms with Gasteiger partial charge in [-0.15, -0.1) is 0 Å². The van der Waals surface area contributed by atoms with Gasteiger partial charge in [0, 0.05) is 18.0 Å². The van der Waals surface area contributed by atoms with Crippen LogP contribution >= 0.6 is 0 Å². The van der Waals surface area contributed by atoms with Crippen LogP contribution in [0.2, 0.25) is 0 Å². The minimum Gasteiger partial charge on any atom is -0.355 e. The molecule has 1 aromatic rings. The molecule has 0 bridgehead atoms. The molecule has 0 saturated heterocycles. The van der Waals surface area contributed by atoms with E-state index in [1.54, 1.807) is 0 Å². The van der Waals surface area contributed by atoms with E-state index >= 15 is 0 Å². The summed E-state index contributed by atoms with van der Waals surface area (Å²) in [6.45, 7) is 0. The lowest BCUT2D eigenvalue weighted by molar-refractivity contribution is -0.109. The molecule has 2 rings (SSSR count). The Hall–Kier alpha value is -1.45. The minimum atomic E-state index is -0.577. The fourth-order valence-corrected chi connectivity index (χ4v) is 1.61. The first kappa shape index (κ1) is 9.12. The normalized spacial score (nSPS) is 24.4. The third-order valence-corrected chi connectivity index (χ3v) is 2.43. The van der Waals surface area contributed by atoms with Crippen LogP contribution in [0.3, 0.4) is 0 Å². The van der Waals surface area contributed by atoms with E-state index < -0.39 is 11.6 Å². The van der Waals surface area contributed by atoms with Crippen molar-refractivity contribution in [2.45, 2.75) is 18.4 Å². The van der Waals surface area contributed by atoms with E-state index in [-0.39, 0.29) is 12.0 Å². The van der Waals surface area contributed by atoms with Gasteiger partial charge in [-0.05, 0) is 18.1 Å². The maximum atomic E-state index is 13.2. The van der Waals surface area contributed by atoms with Gasteiger partial charge in [-0.3, -0.25) is 4.79 Å². The largest absolute Gasteiger partial charge is 0.355 e. The van der Waals surface area contributed by atoms with E-state index in [1.807, 2.05) is 0 Å². The van der Waals surface area contributed by atoms with Crippen molar-refractivity contribution in [3.05, 3.63) is 35.4 Å². The second-order valence-electron chi connectivity index (χ2n) is 3.40. The lowest BCUT2D eigenvalue weighted by atomic mass is 10.1. The summed E-state index contributed by atoms with van der Waals surface area (Å²) in [7, 11) is 0. The highest BCUT2D eigenvalue weighted by atomic mass is 19.1. The predicted molar refractivity (Wildman–Crippen MR) is 46.7 cm³/mol. The van der Waals surface area contributed by atoms with Gasteiger partial charge in [0.15, 0.2) is 0 Å². The van der Waals surface area contributed by atoms with Gasteiger partial charge in [-0.1, -0.05) is 6.07 Å². The number of hydrogen-bond acceptors (Lipinski definition) is 1. The summed E-state index contributed by atoms with van der Waals surface area (Å²) in [6, 6.07) is 3.54. The highest BCUT2D eigenvalue weighted by Gasteiger charge is 2.39. The summed E-state index contributed by atoms with van der Waals surface area (Å²) in [5, 5.41) is 2.57. The Morgan fingerprint density at radius 3 is 2.86 bits per heavy atom. The molecule has 0 radical (unpaired) electrons. The second-order valence-corrected chi connectivity index (χ2v) is 3.40. The molecule has 0 spiro atoms. The molecule has 2 atom stereocenters. The van der Waals surface area contributed by atoms with Crippen molar-refractivity contribution in [1.82, 2.24) is 5.32 Å². The van der Waals surface area contributed by atoms with Gasteiger partial charge in [-0.25, -0.2) is 8.78 Å². The number of amides is 1. The molecule has 74 valence electrons. The van der Waals surface area contributed by atoms with Gasteiger partial charge < -0.3 is 5.32 Å². The number of hydrogen-bond donors (Lipinski definition) is 1. The quantitative estimate of drug-likeness (QED) is 0.732. The molecule has 0 aliphatic heterocycles. The molecule has 1 N–H and O–H groups in total. The van der Waals surface area contributed by atoms with Crippen LogP contribution in [-0.4, -0.2) is 12.5 Å². The molecule has 1 amide bonds. The Morgan fingerprint density at radius 1 is 1.43 bits per heavy atom. The van der Waals surface area contributed by atoms with E-state index in [4.69, 9.17) is 0 Å². The summed E-state index contributed by atoms with van der Waals surface area (Å²) in [6.07, 6.45) is 1.33. The van der Waals surface area contributed by atoms with E-state index in [9.17, 15) is 13.6 Å². The molecule has 4 heteroatoms. The zero-order chi connectivity index (χ0) is 10.1. The Kier molecular flexibility index (Phi) is 2.19. The summed E-state index contributed by atoms with van der Waals surface area (Å²) in [5.41, 5.74) is 0.478. The Morgan fingerprint density at radius 2 is 2.21 bits per heavy atom. The number of carbonyl (C=O) groups excluding carboxylic acids is 1. The van der Waals surface area contributed by atoms with E-state index in [0.717, 1.165) is 12.5 Å². The smallest absolute Gasteiger partial charge is 0.207 e. The van der Waals surface area contributed by atoms with Crippen molar-refractivity contribution >= 4 is 6.41 Å². The van der Waals surface area contributed by atoms with Gasteiger partial charge in [-0.2, -0.15) is 0 Å². The number of rotatable bonds is 3. The summed E-state index contributed by atoms with van der Waals surface area (Å²) >= 11 is 0. The average Bonchev–Trinajstić information content (AvgIpc) is 2.84. The van der Waals surface area contributed by atoms with Crippen LogP contribution in [0.4, 0.5) is 8.78 Å². The van der Waals surface area contributed by atoms with Crippen molar-refractivity contribution < 1.29 is 13.6 Å². The average molecular weight is 197 g/mol. The highest BCUT2D eigenvalue weighted by molar-refractivity contribution is 5.49. The molecule has 14 heavy (non-hydrogen) atoms. The minimum absolute atomic E-state index is 0.000741. The first-order valence-corrected chi connectivity index (χ1v) is 4.37. The number of benzene rings is 1. The van der Waals surface area contributed by atoms with Crippen LogP contribution in [0.1, 0.15) is 17.9 Å². The maximum absolute atomic E-state index is 13.2. The summed E-state index contributed by atoms with van der Waals surface area (Å²) < 4.78 is 25.8. The topological polar surface area (TPSA) is 29.1 Å². The fourth-order valence-electron chi connectivity index (χ4n) is 1.61. The van der Waals surface area contributed by atoms with E-state index in [0.29, 0.717) is 12.0 Å². The van der Waals surface area contributed by atoms with Gasteiger partial charge >= 0.3 is 0 Å². The highest BCUT2D eigenvalue weighted by Crippen LogP contribution is 2.41. The van der Waals surface area contributed by atoms with Crippen LogP contribution in [0.15, 0.2) is 18.2 Å². The molecular weight excluding hydrogens is 188 g/mol. The molecule has 1 aliphatic rings. The van der Waals surface area contributed by atoms with Crippen LogP contribution in [0.25, 0.3) is 0 Å². The van der Waals surface area contributed by atoms with E-state index in [2.05, 4.69) is 5.32 Å². The van der Waals surface area contributed by atoms with Crippen molar-refractivity contribution in [3.63, 3.8) is 0 Å². The van der Waals surface area contributed by atoms with Gasteiger partial charge in [0.1, 0.15) is 11.6 Å². The van der Waals surface area contributed by atoms with Gasteiger partial charge in [0.05, 0.1) is 0 Å². The molecule has 1 fully saturated rings. The Bertz CT molecular complexity index is 367. The molecule has 1 aliphatic carbocycles. The van der Waals surface area contributed by atoms with Crippen LogP contribution in [0, 0.1) is 11.6 Å². The number of carbonyl (C=O) groups is 1. The zero-order valence-electron chi connectivity index (χ0n) is 7.34. The van der Waals surface area contributed by atoms with Crippen molar-refractivity contribution in [2.75, 3.05) is 0 Å². The summed E-state index contributed by atoms with van der Waals surface area (Å²) in [4.78, 5) is 10.1. The number of nitrogens with one attached hydrogen (secondary N) is 1. The molecule has 1 aromatic carbocycles. The Labute approximate surface area is 79.9 Å². The third-order valence-electron chi connectivity index (χ3n) is 2.43. The van der Waals surface area contributed by atoms with Crippen molar-refractivity contribution in [3.8, 4) is 0 Å². The van der Waals surface area contributed by atoms with Crippen LogP contribution in [-0.2, 0) is 4.79 Å². The van der Waals surface area contributed by atoms with Crippen molar-refractivity contribution in [1.29, 1.82) is 0 Å². The molecular formula is C10H9F2NO. The molecule has 0 aromatic heterocycles. The first-order valence-electron chi connectivity index (χ1n) is 4.37. The molecule has 2 nitrogen and oxygen atoms in total. The van der Waals surface area contributed by atoms with E-state index in [1.165, 1.54) is 12.1 Å². The maximum Gasteiger partial charge on any atom is 0.207 e. The molecule has 0 heterocycles. The number of halogens is 2. The molecule has 1 saturated carbocycles. The fraction of sp³-hybridized carbons (Fsp3) is 0.300. The predicted octanol–water partition coefficient (Wildman–Crippen LogP) is 1.57. The Balaban J connectivity index is 2.15. The second kappa shape index (κ2) is 3.36. The standard InChI is InChI=1S/C10H9F2NO/c11-6-1-2-7(9(12)3-6)8-4-10(8)13-5-14/h1-3,5,8,10H,4H2,(H,13,14). The monoisotopic (exact) mass is 197 g/mol. The first-order chi connectivity index (χ1) is 6.72. The third kappa shape index (κ3) is 1.60. The van der Waals surface area contributed by atoms with Gasteiger partial charge in [0.2, 0.25) is 6.41 Å². The van der Waals surface area contributed by atoms with Crippen LogP contribution < -0.4 is 5.32 Å². The lowest BCUT2D eigenvalue weighted by Gasteiger charge is -2.01. The van der Waals surface area contributed by atoms with Crippen molar-refractivity contribution in [2.24, 2.45) is 0 Å². The molecule has 2 unspecified atom stereocenters.